The second-order valence-corrected chi connectivity index (χ2v) is 8.53. The maximum Gasteiger partial charge on any atom is 0.374 e. The average molecular weight is 475 g/mol. The van der Waals surface area contributed by atoms with Crippen LogP contribution in [0.3, 0.4) is 0 Å². The van der Waals surface area contributed by atoms with Crippen LogP contribution in [0.15, 0.2) is 62.0 Å². The molecule has 0 spiro atoms. The lowest BCUT2D eigenvalue weighted by Gasteiger charge is -2.05. The summed E-state index contributed by atoms with van der Waals surface area (Å²) in [6.45, 7) is 2.08. The zero-order chi connectivity index (χ0) is 19.5. The van der Waals surface area contributed by atoms with E-state index in [0.29, 0.717) is 18.1 Å². The van der Waals surface area contributed by atoms with Crippen molar-refractivity contribution in [2.24, 2.45) is 0 Å². The number of carbonyl (C=O) groups excluding carboxylic acids is 1. The second kappa shape index (κ2) is 8.46. The summed E-state index contributed by atoms with van der Waals surface area (Å²) < 4.78 is 11.6. The standard InChI is InChI=1S/C20H15BrN2O3S2/c1-2-25-20(24)16-8-7-14(26-16)9-27-18-17-15(10-28-19(17)23-11-22-18)12-3-5-13(21)6-4-12/h3-8,10-11H,2,9H2,1H3. The Kier molecular flexibility index (Phi) is 5.79. The van der Waals surface area contributed by atoms with Crippen LogP contribution in [-0.2, 0) is 10.5 Å². The zero-order valence-corrected chi connectivity index (χ0v) is 18.1. The van der Waals surface area contributed by atoms with E-state index in [0.717, 1.165) is 30.8 Å². The van der Waals surface area contributed by atoms with Gasteiger partial charge in [0.15, 0.2) is 0 Å². The van der Waals surface area contributed by atoms with E-state index in [9.17, 15) is 4.79 Å². The average Bonchev–Trinajstić information content (AvgIpc) is 3.35. The fourth-order valence-corrected chi connectivity index (χ4v) is 4.86. The zero-order valence-electron chi connectivity index (χ0n) is 14.8. The molecule has 0 N–H and O–H groups in total. The van der Waals surface area contributed by atoms with Gasteiger partial charge in [-0.3, -0.25) is 0 Å². The third kappa shape index (κ3) is 3.99. The van der Waals surface area contributed by atoms with Crippen LogP contribution in [0.1, 0.15) is 23.2 Å². The van der Waals surface area contributed by atoms with E-state index < -0.39 is 5.97 Å². The monoisotopic (exact) mass is 474 g/mol. The molecule has 0 saturated carbocycles. The maximum atomic E-state index is 11.8. The quantitative estimate of drug-likeness (QED) is 0.188. The summed E-state index contributed by atoms with van der Waals surface area (Å²) in [5, 5.41) is 4.04. The second-order valence-electron chi connectivity index (χ2n) is 5.79. The number of ether oxygens (including phenoxy) is 1. The van der Waals surface area contributed by atoms with E-state index >= 15 is 0 Å². The molecule has 4 aromatic rings. The van der Waals surface area contributed by atoms with Crippen molar-refractivity contribution in [3.63, 3.8) is 0 Å². The van der Waals surface area contributed by atoms with Crippen molar-refractivity contribution < 1.29 is 13.9 Å². The van der Waals surface area contributed by atoms with Crippen molar-refractivity contribution in [3.8, 4) is 11.1 Å². The number of hydrogen-bond acceptors (Lipinski definition) is 7. The summed E-state index contributed by atoms with van der Waals surface area (Å²) in [7, 11) is 0. The summed E-state index contributed by atoms with van der Waals surface area (Å²) in [5.41, 5.74) is 2.23. The Labute approximate surface area is 178 Å². The molecule has 0 atom stereocenters. The molecule has 0 aliphatic heterocycles. The van der Waals surface area contributed by atoms with Crippen LogP contribution < -0.4 is 0 Å². The first-order valence-corrected chi connectivity index (χ1v) is 11.2. The smallest absolute Gasteiger partial charge is 0.374 e. The lowest BCUT2D eigenvalue weighted by Crippen LogP contribution is -2.02. The van der Waals surface area contributed by atoms with Gasteiger partial charge in [-0.05, 0) is 36.8 Å². The van der Waals surface area contributed by atoms with Crippen molar-refractivity contribution in [2.45, 2.75) is 17.7 Å². The lowest BCUT2D eigenvalue weighted by molar-refractivity contribution is 0.0488. The Bertz CT molecular complexity index is 1120. The van der Waals surface area contributed by atoms with Gasteiger partial charge in [0.25, 0.3) is 0 Å². The molecule has 0 saturated heterocycles. The number of halogens is 1. The minimum atomic E-state index is -0.446. The summed E-state index contributed by atoms with van der Waals surface area (Å²) in [6, 6.07) is 11.6. The van der Waals surface area contributed by atoms with Crippen LogP contribution >= 0.6 is 39.0 Å². The van der Waals surface area contributed by atoms with Gasteiger partial charge in [0.05, 0.1) is 17.7 Å². The highest BCUT2D eigenvalue weighted by Gasteiger charge is 2.16. The molecule has 0 aliphatic rings. The molecule has 0 aliphatic carbocycles. The Hall–Kier alpha value is -2.16. The van der Waals surface area contributed by atoms with Crippen LogP contribution in [0.25, 0.3) is 21.3 Å². The number of thioether (sulfide) groups is 1. The third-order valence-electron chi connectivity index (χ3n) is 3.98. The first-order valence-electron chi connectivity index (χ1n) is 8.52. The number of hydrogen-bond donors (Lipinski definition) is 0. The van der Waals surface area contributed by atoms with Gasteiger partial charge < -0.3 is 9.15 Å². The minimum Gasteiger partial charge on any atom is -0.460 e. The van der Waals surface area contributed by atoms with E-state index in [1.165, 1.54) is 0 Å². The summed E-state index contributed by atoms with van der Waals surface area (Å²) in [4.78, 5) is 21.6. The van der Waals surface area contributed by atoms with Crippen LogP contribution in [0.5, 0.6) is 0 Å². The maximum absolute atomic E-state index is 11.8. The number of aromatic nitrogens is 2. The Morgan fingerprint density at radius 1 is 1.21 bits per heavy atom. The molecule has 3 aromatic heterocycles. The normalized spacial score (nSPS) is 11.1. The van der Waals surface area contributed by atoms with Crippen LogP contribution in [0, 0.1) is 0 Å². The molecule has 0 amide bonds. The topological polar surface area (TPSA) is 65.2 Å². The molecule has 0 fully saturated rings. The van der Waals surface area contributed by atoms with Gasteiger partial charge in [-0.2, -0.15) is 0 Å². The van der Waals surface area contributed by atoms with Crippen LogP contribution in [0.4, 0.5) is 0 Å². The Morgan fingerprint density at radius 2 is 2.04 bits per heavy atom. The van der Waals surface area contributed by atoms with Crippen molar-refractivity contribution in [2.75, 3.05) is 6.61 Å². The van der Waals surface area contributed by atoms with Gasteiger partial charge in [0, 0.05) is 15.4 Å². The van der Waals surface area contributed by atoms with Gasteiger partial charge >= 0.3 is 5.97 Å². The summed E-state index contributed by atoms with van der Waals surface area (Å²) in [6.07, 6.45) is 1.58. The van der Waals surface area contributed by atoms with Crippen molar-refractivity contribution in [1.82, 2.24) is 9.97 Å². The molecule has 1 aromatic carbocycles. The lowest BCUT2D eigenvalue weighted by atomic mass is 10.1. The molecule has 5 nitrogen and oxygen atoms in total. The SMILES string of the molecule is CCOC(=O)c1ccc(CSc2ncnc3scc(-c4ccc(Br)cc4)c23)o1. The fraction of sp³-hybridized carbons (Fsp3) is 0.150. The highest BCUT2D eigenvalue weighted by atomic mass is 79.9. The first kappa shape index (κ1) is 19.2. The third-order valence-corrected chi connectivity index (χ3v) is 6.41. The largest absolute Gasteiger partial charge is 0.460 e. The molecule has 0 unspecified atom stereocenters. The number of nitrogens with zero attached hydrogens (tertiary/aromatic N) is 2. The molecular weight excluding hydrogens is 460 g/mol. The number of thiophene rings is 1. The van der Waals surface area contributed by atoms with Gasteiger partial charge in [0.1, 0.15) is 21.9 Å². The van der Waals surface area contributed by atoms with Gasteiger partial charge in [-0.1, -0.05) is 39.8 Å². The molecule has 0 radical (unpaired) electrons. The molecule has 28 heavy (non-hydrogen) atoms. The predicted molar refractivity (Wildman–Crippen MR) is 115 cm³/mol. The predicted octanol–water partition coefficient (Wildman–Crippen LogP) is 6.18. The highest BCUT2D eigenvalue weighted by molar-refractivity contribution is 9.10. The van der Waals surface area contributed by atoms with E-state index in [4.69, 9.17) is 9.15 Å². The van der Waals surface area contributed by atoms with Gasteiger partial charge in [-0.15, -0.1) is 11.3 Å². The number of benzene rings is 1. The highest BCUT2D eigenvalue weighted by Crippen LogP contribution is 2.39. The fourth-order valence-electron chi connectivity index (χ4n) is 2.71. The van der Waals surface area contributed by atoms with Crippen molar-refractivity contribution >= 4 is 55.2 Å². The van der Waals surface area contributed by atoms with Gasteiger partial charge in [0.2, 0.25) is 5.76 Å². The Balaban J connectivity index is 1.60. The van der Waals surface area contributed by atoms with Gasteiger partial charge in [-0.25, -0.2) is 14.8 Å². The minimum absolute atomic E-state index is 0.219. The first-order chi connectivity index (χ1) is 13.7. The van der Waals surface area contributed by atoms with E-state index in [1.54, 1.807) is 48.5 Å². The molecule has 4 rings (SSSR count). The van der Waals surface area contributed by atoms with Crippen LogP contribution in [0.2, 0.25) is 0 Å². The van der Waals surface area contributed by atoms with E-state index in [-0.39, 0.29) is 5.76 Å². The number of furan rings is 1. The molecule has 3 heterocycles. The number of esters is 1. The van der Waals surface area contributed by atoms with Crippen LogP contribution in [-0.4, -0.2) is 22.5 Å². The number of carbonyl (C=O) groups is 1. The molecular formula is C20H15BrN2O3S2. The summed E-state index contributed by atoms with van der Waals surface area (Å²) >= 11 is 6.64. The summed E-state index contributed by atoms with van der Waals surface area (Å²) in [5.74, 6) is 1.02. The number of fused-ring (bicyclic) bond motifs is 1. The van der Waals surface area contributed by atoms with E-state index in [1.807, 2.05) is 12.1 Å². The van der Waals surface area contributed by atoms with E-state index in [2.05, 4.69) is 43.4 Å². The number of rotatable bonds is 6. The Morgan fingerprint density at radius 3 is 2.82 bits per heavy atom. The molecule has 142 valence electrons. The van der Waals surface area contributed by atoms with Crippen molar-refractivity contribution in [1.29, 1.82) is 0 Å². The van der Waals surface area contributed by atoms with Crippen molar-refractivity contribution in [3.05, 3.63) is 64.1 Å². The molecule has 8 heteroatoms. The molecule has 0 bridgehead atoms.